The van der Waals surface area contributed by atoms with Crippen LogP contribution in [0.25, 0.3) is 6.08 Å². The third-order valence-electron chi connectivity index (χ3n) is 4.93. The first-order chi connectivity index (χ1) is 15.0. The van der Waals surface area contributed by atoms with Gasteiger partial charge in [-0.15, -0.1) is 6.58 Å². The molecule has 1 saturated heterocycles. The van der Waals surface area contributed by atoms with E-state index in [1.165, 1.54) is 5.01 Å². The SMILES string of the molecule is C=CCc1cc(C=C2C(=O)NN(c3ccccc3)C2=O)cc(OCC)c1OC(C)CC. The van der Waals surface area contributed by atoms with E-state index in [-0.39, 0.29) is 11.7 Å². The molecule has 1 aliphatic rings. The van der Waals surface area contributed by atoms with Gasteiger partial charge in [-0.1, -0.05) is 31.2 Å². The molecule has 2 aromatic carbocycles. The van der Waals surface area contributed by atoms with Gasteiger partial charge in [0.2, 0.25) is 0 Å². The van der Waals surface area contributed by atoms with Crippen LogP contribution in [0.3, 0.4) is 0 Å². The van der Waals surface area contributed by atoms with Crippen LogP contribution in [-0.2, 0) is 16.0 Å². The number of benzene rings is 2. The summed E-state index contributed by atoms with van der Waals surface area (Å²) in [5, 5.41) is 1.25. The monoisotopic (exact) mass is 420 g/mol. The van der Waals surface area contributed by atoms with Crippen molar-refractivity contribution in [1.82, 2.24) is 5.43 Å². The van der Waals surface area contributed by atoms with Gasteiger partial charge in [0.25, 0.3) is 11.8 Å². The van der Waals surface area contributed by atoms with Crippen molar-refractivity contribution in [1.29, 1.82) is 0 Å². The Balaban J connectivity index is 2.01. The van der Waals surface area contributed by atoms with Crippen molar-refractivity contribution < 1.29 is 19.1 Å². The fourth-order valence-corrected chi connectivity index (χ4v) is 3.24. The molecule has 1 fully saturated rings. The maximum Gasteiger partial charge on any atom is 0.282 e. The summed E-state index contributed by atoms with van der Waals surface area (Å²) in [4.78, 5) is 25.4. The largest absolute Gasteiger partial charge is 0.490 e. The number of hydrazine groups is 1. The predicted molar refractivity (Wildman–Crippen MR) is 122 cm³/mol. The zero-order valence-corrected chi connectivity index (χ0v) is 18.2. The number of allylic oxidation sites excluding steroid dienone is 1. The number of hydrogen-bond donors (Lipinski definition) is 1. The van der Waals surface area contributed by atoms with Crippen molar-refractivity contribution in [3.63, 3.8) is 0 Å². The van der Waals surface area contributed by atoms with Crippen LogP contribution in [0.1, 0.15) is 38.3 Å². The van der Waals surface area contributed by atoms with Crippen molar-refractivity contribution >= 4 is 23.6 Å². The number of rotatable bonds is 9. The highest BCUT2D eigenvalue weighted by molar-refractivity contribution is 6.31. The Labute approximate surface area is 183 Å². The number of carbonyl (C=O) groups excluding carboxylic acids is 2. The summed E-state index contributed by atoms with van der Waals surface area (Å²) in [6, 6.07) is 12.7. The van der Waals surface area contributed by atoms with Crippen LogP contribution in [0.15, 0.2) is 60.7 Å². The average Bonchev–Trinajstić information content (AvgIpc) is 3.05. The highest BCUT2D eigenvalue weighted by Crippen LogP contribution is 2.36. The second-order valence-corrected chi connectivity index (χ2v) is 7.24. The Morgan fingerprint density at radius 3 is 2.55 bits per heavy atom. The standard InChI is InChI=1S/C25H28N2O4/c1-5-11-19-14-18(16-22(30-7-3)23(19)31-17(4)6-2)15-21-24(28)26-27(25(21)29)20-12-9-8-10-13-20/h5,8-10,12-17H,1,6-7,11H2,2-4H3,(H,26,28). The third kappa shape index (κ3) is 4.97. The number of nitrogens with zero attached hydrogens (tertiary/aromatic N) is 1. The molecule has 1 unspecified atom stereocenters. The Hall–Kier alpha value is -3.54. The van der Waals surface area contributed by atoms with Gasteiger partial charge in [-0.05, 0) is 62.6 Å². The fraction of sp³-hybridized carbons (Fsp3) is 0.280. The number of carbonyl (C=O) groups is 2. The molecule has 0 aliphatic carbocycles. The van der Waals surface area contributed by atoms with Gasteiger partial charge in [0.05, 0.1) is 18.4 Å². The number of hydrogen-bond acceptors (Lipinski definition) is 4. The van der Waals surface area contributed by atoms with E-state index in [0.717, 1.165) is 12.0 Å². The number of amides is 2. The van der Waals surface area contributed by atoms with Gasteiger partial charge in [-0.25, -0.2) is 5.01 Å². The summed E-state index contributed by atoms with van der Waals surface area (Å²) >= 11 is 0. The lowest BCUT2D eigenvalue weighted by atomic mass is 10.0. The van der Waals surface area contributed by atoms with E-state index in [9.17, 15) is 9.59 Å². The number of anilines is 1. The lowest BCUT2D eigenvalue weighted by molar-refractivity contribution is -0.117. The second-order valence-electron chi connectivity index (χ2n) is 7.24. The van der Waals surface area contributed by atoms with Gasteiger partial charge < -0.3 is 9.47 Å². The fourth-order valence-electron chi connectivity index (χ4n) is 3.24. The maximum absolute atomic E-state index is 12.9. The molecule has 6 nitrogen and oxygen atoms in total. The molecular formula is C25H28N2O4. The molecule has 31 heavy (non-hydrogen) atoms. The van der Waals surface area contributed by atoms with Crippen LogP contribution in [0.4, 0.5) is 5.69 Å². The normalized spacial score (nSPS) is 15.7. The van der Waals surface area contributed by atoms with Gasteiger partial charge in [0, 0.05) is 5.56 Å². The van der Waals surface area contributed by atoms with Crippen LogP contribution in [0.5, 0.6) is 11.5 Å². The minimum atomic E-state index is -0.447. The third-order valence-corrected chi connectivity index (χ3v) is 4.93. The Morgan fingerprint density at radius 1 is 1.16 bits per heavy atom. The molecule has 1 atom stereocenters. The molecule has 2 amide bonds. The second kappa shape index (κ2) is 9.98. The van der Waals surface area contributed by atoms with Crippen molar-refractivity contribution in [3.05, 3.63) is 71.8 Å². The molecule has 2 aromatic rings. The van der Waals surface area contributed by atoms with Crippen molar-refractivity contribution in [2.75, 3.05) is 11.6 Å². The minimum absolute atomic E-state index is 0.0218. The van der Waals surface area contributed by atoms with Crippen LogP contribution in [-0.4, -0.2) is 24.5 Å². The first-order valence-electron chi connectivity index (χ1n) is 10.5. The van der Waals surface area contributed by atoms with E-state index in [1.54, 1.807) is 30.4 Å². The Kier molecular flexibility index (Phi) is 7.13. The van der Waals surface area contributed by atoms with Crippen LogP contribution < -0.4 is 19.9 Å². The van der Waals surface area contributed by atoms with E-state index < -0.39 is 11.8 Å². The van der Waals surface area contributed by atoms with Gasteiger partial charge in [0.15, 0.2) is 11.5 Å². The summed E-state index contributed by atoms with van der Waals surface area (Å²) < 4.78 is 12.0. The lowest BCUT2D eigenvalue weighted by Crippen LogP contribution is -2.35. The summed E-state index contributed by atoms with van der Waals surface area (Å²) in [5.74, 6) is 0.405. The molecule has 1 aliphatic heterocycles. The quantitative estimate of drug-likeness (QED) is 0.370. The van der Waals surface area contributed by atoms with Gasteiger partial charge in [0.1, 0.15) is 5.57 Å². The zero-order chi connectivity index (χ0) is 22.4. The number of para-hydroxylation sites is 1. The van der Waals surface area contributed by atoms with Gasteiger partial charge >= 0.3 is 0 Å². The molecule has 162 valence electrons. The summed E-state index contributed by atoms with van der Waals surface area (Å²) in [6.45, 7) is 10.3. The zero-order valence-electron chi connectivity index (χ0n) is 18.2. The minimum Gasteiger partial charge on any atom is -0.490 e. The molecule has 6 heteroatoms. The smallest absolute Gasteiger partial charge is 0.282 e. The maximum atomic E-state index is 12.9. The molecule has 0 saturated carbocycles. The summed E-state index contributed by atoms with van der Waals surface area (Å²) in [5.41, 5.74) is 4.85. The van der Waals surface area contributed by atoms with Crippen molar-refractivity contribution in [2.45, 2.75) is 39.7 Å². The number of ether oxygens (including phenoxy) is 2. The Bertz CT molecular complexity index is 998. The van der Waals surface area contributed by atoms with E-state index in [2.05, 4.69) is 18.9 Å². The van der Waals surface area contributed by atoms with Crippen LogP contribution >= 0.6 is 0 Å². The Morgan fingerprint density at radius 2 is 1.90 bits per heavy atom. The van der Waals surface area contributed by atoms with E-state index in [4.69, 9.17) is 9.47 Å². The van der Waals surface area contributed by atoms with E-state index in [0.29, 0.717) is 35.8 Å². The lowest BCUT2D eigenvalue weighted by Gasteiger charge is -2.20. The van der Waals surface area contributed by atoms with E-state index in [1.807, 2.05) is 38.1 Å². The molecule has 1 heterocycles. The summed E-state index contributed by atoms with van der Waals surface area (Å²) in [7, 11) is 0. The van der Waals surface area contributed by atoms with Gasteiger partial charge in [-0.3, -0.25) is 15.0 Å². The van der Waals surface area contributed by atoms with Crippen molar-refractivity contribution in [3.8, 4) is 11.5 Å². The predicted octanol–water partition coefficient (Wildman–Crippen LogP) is 4.45. The summed E-state index contributed by atoms with van der Waals surface area (Å²) in [6.07, 6.45) is 4.82. The molecule has 0 bridgehead atoms. The molecule has 3 rings (SSSR count). The highest BCUT2D eigenvalue weighted by Gasteiger charge is 2.34. The average molecular weight is 421 g/mol. The molecular weight excluding hydrogens is 392 g/mol. The molecule has 0 radical (unpaired) electrons. The van der Waals surface area contributed by atoms with Crippen LogP contribution in [0, 0.1) is 0 Å². The number of nitrogens with one attached hydrogen (secondary N) is 1. The first kappa shape index (κ1) is 22.2. The molecule has 0 spiro atoms. The van der Waals surface area contributed by atoms with E-state index >= 15 is 0 Å². The van der Waals surface area contributed by atoms with Crippen molar-refractivity contribution in [2.24, 2.45) is 0 Å². The first-order valence-corrected chi connectivity index (χ1v) is 10.5. The highest BCUT2D eigenvalue weighted by atomic mass is 16.5. The van der Waals surface area contributed by atoms with Crippen LogP contribution in [0.2, 0.25) is 0 Å². The molecule has 1 N–H and O–H groups in total. The van der Waals surface area contributed by atoms with Gasteiger partial charge in [-0.2, -0.15) is 0 Å². The topological polar surface area (TPSA) is 67.9 Å². The molecule has 0 aromatic heterocycles.